The van der Waals surface area contributed by atoms with Gasteiger partial charge in [-0.15, -0.1) is 0 Å². The van der Waals surface area contributed by atoms with Crippen LogP contribution in [-0.2, 0) is 25.6 Å². The number of amides is 4. The summed E-state index contributed by atoms with van der Waals surface area (Å²) in [5, 5.41) is 0. The number of rotatable bonds is 10. The number of aldehydes is 2. The molecule has 0 fully saturated rings. The van der Waals surface area contributed by atoms with Gasteiger partial charge in [-0.1, -0.05) is 12.1 Å². The molecule has 4 aromatic carbocycles. The van der Waals surface area contributed by atoms with Gasteiger partial charge in [0.15, 0.2) is 12.6 Å². The van der Waals surface area contributed by atoms with Gasteiger partial charge >= 0.3 is 11.9 Å². The summed E-state index contributed by atoms with van der Waals surface area (Å²) in [6.07, 6.45) is 5.95. The zero-order chi connectivity index (χ0) is 34.7. The Morgan fingerprint density at radius 2 is 0.857 bits per heavy atom. The molecule has 0 spiro atoms. The second kappa shape index (κ2) is 13.3. The van der Waals surface area contributed by atoms with Gasteiger partial charge in [0.2, 0.25) is 0 Å². The van der Waals surface area contributed by atoms with Gasteiger partial charge in [0.05, 0.1) is 33.6 Å². The molecule has 0 radical (unpaired) electrons. The molecule has 0 bridgehead atoms. The van der Waals surface area contributed by atoms with Crippen LogP contribution in [0.15, 0.2) is 109 Å². The van der Waals surface area contributed by atoms with Crippen molar-refractivity contribution in [2.45, 2.75) is 6.42 Å². The van der Waals surface area contributed by atoms with Crippen LogP contribution in [0.2, 0.25) is 0 Å². The quantitative estimate of drug-likeness (QED) is 0.105. The first kappa shape index (κ1) is 31.9. The molecule has 0 saturated heterocycles. The van der Waals surface area contributed by atoms with Gasteiger partial charge in [0.25, 0.3) is 23.6 Å². The first-order valence-electron chi connectivity index (χ1n) is 14.6. The second-order valence-corrected chi connectivity index (χ2v) is 10.7. The van der Waals surface area contributed by atoms with E-state index in [0.29, 0.717) is 35.1 Å². The van der Waals surface area contributed by atoms with Crippen LogP contribution < -0.4 is 19.3 Å². The molecule has 2 aliphatic rings. The molecule has 6 rings (SSSR count). The average Bonchev–Trinajstić information content (AvgIpc) is 3.64. The molecule has 2 heterocycles. The molecular weight excluding hydrogens is 632 g/mol. The van der Waals surface area contributed by atoms with Crippen molar-refractivity contribution in [3.63, 3.8) is 0 Å². The first-order valence-corrected chi connectivity index (χ1v) is 14.6. The van der Waals surface area contributed by atoms with E-state index < -0.39 is 35.6 Å². The summed E-state index contributed by atoms with van der Waals surface area (Å²) in [6, 6.07) is 20.6. The number of esters is 2. The highest BCUT2D eigenvalue weighted by Gasteiger charge is 2.26. The molecule has 0 unspecified atom stereocenters. The van der Waals surface area contributed by atoms with Crippen LogP contribution in [0.4, 0.5) is 11.4 Å². The van der Waals surface area contributed by atoms with Crippen LogP contribution in [0, 0.1) is 0 Å². The normalized spacial score (nSPS) is 13.6. The minimum atomic E-state index is -0.759. The Morgan fingerprint density at radius 3 is 1.18 bits per heavy atom. The molecule has 12 heteroatoms. The number of anilines is 2. The van der Waals surface area contributed by atoms with E-state index in [-0.39, 0.29) is 40.2 Å². The lowest BCUT2D eigenvalue weighted by Gasteiger charge is -2.14. The fourth-order valence-corrected chi connectivity index (χ4v) is 5.14. The van der Waals surface area contributed by atoms with E-state index in [1.54, 1.807) is 12.1 Å². The lowest BCUT2D eigenvalue weighted by Crippen LogP contribution is -2.29. The molecule has 2 aliphatic heterocycles. The summed E-state index contributed by atoms with van der Waals surface area (Å²) >= 11 is 0. The number of ether oxygens (including phenoxy) is 2. The molecule has 0 aliphatic carbocycles. The summed E-state index contributed by atoms with van der Waals surface area (Å²) in [5.74, 6) is -3.46. The van der Waals surface area contributed by atoms with Gasteiger partial charge in [-0.05, 0) is 90.3 Å². The van der Waals surface area contributed by atoms with Gasteiger partial charge in [0, 0.05) is 24.3 Å². The van der Waals surface area contributed by atoms with Crippen LogP contribution in [-0.4, -0.2) is 48.1 Å². The predicted molar refractivity (Wildman–Crippen MR) is 173 cm³/mol. The molecular formula is C37H22N2O10. The molecule has 0 atom stereocenters. The number of imide groups is 2. The summed E-state index contributed by atoms with van der Waals surface area (Å²) in [5.41, 5.74) is 2.36. The number of hydrogen-bond acceptors (Lipinski definition) is 10. The number of hydrogen-bond donors (Lipinski definition) is 0. The zero-order valence-electron chi connectivity index (χ0n) is 25.2. The van der Waals surface area contributed by atoms with Gasteiger partial charge in [-0.2, -0.15) is 0 Å². The smallest absolute Gasteiger partial charge is 0.343 e. The maximum Gasteiger partial charge on any atom is 0.343 e. The maximum absolute atomic E-state index is 12.8. The van der Waals surface area contributed by atoms with Crippen molar-refractivity contribution in [2.75, 3.05) is 9.80 Å². The van der Waals surface area contributed by atoms with E-state index >= 15 is 0 Å². The molecule has 12 nitrogen and oxygen atoms in total. The van der Waals surface area contributed by atoms with Crippen molar-refractivity contribution in [2.24, 2.45) is 0 Å². The molecule has 0 N–H and O–H groups in total. The fourth-order valence-electron chi connectivity index (χ4n) is 5.14. The van der Waals surface area contributed by atoms with Crippen molar-refractivity contribution in [1.82, 2.24) is 0 Å². The first-order chi connectivity index (χ1) is 23.6. The Hall–Kier alpha value is -7.08. The Kier molecular flexibility index (Phi) is 8.68. The lowest BCUT2D eigenvalue weighted by molar-refractivity contribution is -0.121. The monoisotopic (exact) mass is 654 g/mol. The summed E-state index contributed by atoms with van der Waals surface area (Å²) in [4.78, 5) is 98.8. The van der Waals surface area contributed by atoms with E-state index in [2.05, 4.69) is 0 Å². The molecule has 4 amide bonds. The van der Waals surface area contributed by atoms with E-state index in [0.717, 1.165) is 34.1 Å². The Balaban J connectivity index is 1.10. The van der Waals surface area contributed by atoms with Crippen LogP contribution in [0.1, 0.15) is 52.6 Å². The summed E-state index contributed by atoms with van der Waals surface area (Å²) in [6.45, 7) is 0. The van der Waals surface area contributed by atoms with Crippen molar-refractivity contribution in [1.29, 1.82) is 0 Å². The highest BCUT2D eigenvalue weighted by molar-refractivity contribution is 6.28. The number of carbonyl (C=O) groups is 8. The minimum absolute atomic E-state index is 0.0149. The Bertz CT molecular complexity index is 1960. The molecule has 4 aromatic rings. The molecule has 0 aromatic heterocycles. The molecule has 0 saturated carbocycles. The van der Waals surface area contributed by atoms with Gasteiger partial charge in [-0.3, -0.25) is 28.8 Å². The minimum Gasteiger partial charge on any atom is -0.422 e. The van der Waals surface area contributed by atoms with Crippen molar-refractivity contribution in [3.05, 3.63) is 143 Å². The third-order valence-electron chi connectivity index (χ3n) is 7.56. The zero-order valence-corrected chi connectivity index (χ0v) is 25.2. The van der Waals surface area contributed by atoms with E-state index in [1.807, 2.05) is 0 Å². The number of nitrogens with zero attached hydrogens (tertiary/aromatic N) is 2. The van der Waals surface area contributed by atoms with Crippen LogP contribution in [0.5, 0.6) is 11.5 Å². The highest BCUT2D eigenvalue weighted by atomic mass is 16.5. The second-order valence-electron chi connectivity index (χ2n) is 10.7. The van der Waals surface area contributed by atoms with Crippen LogP contribution in [0.3, 0.4) is 0 Å². The van der Waals surface area contributed by atoms with Gasteiger partial charge in [0.1, 0.15) is 11.5 Å². The van der Waals surface area contributed by atoms with Crippen LogP contribution in [0.25, 0.3) is 0 Å². The molecule has 240 valence electrons. The van der Waals surface area contributed by atoms with Crippen molar-refractivity contribution >= 4 is 59.5 Å². The third-order valence-corrected chi connectivity index (χ3v) is 7.56. The van der Waals surface area contributed by atoms with Gasteiger partial charge < -0.3 is 9.47 Å². The standard InChI is InChI=1S/C37H22N2O10/c40-20-26-18-22(1-11-30(26)48-36(46)24-3-7-28(8-4-24)38-32(42)13-14-33(38)43)17-23-2-12-31(27(19-23)21-41)49-37(47)25-5-9-29(10-6-25)39-34(44)15-16-35(39)45/h1-16,18-21H,17H2. The maximum atomic E-state index is 12.8. The Labute approximate surface area is 277 Å². The largest absolute Gasteiger partial charge is 0.422 e. The average molecular weight is 655 g/mol. The lowest BCUT2D eigenvalue weighted by atomic mass is 10.0. The van der Waals surface area contributed by atoms with Crippen LogP contribution >= 0.6 is 0 Å². The SMILES string of the molecule is O=Cc1cc(Cc2ccc(OC(=O)c3ccc(N4C(=O)C=CC4=O)cc3)c(C=O)c2)ccc1OC(=O)c1ccc(N2C(=O)C=CC2=O)cc1. The highest BCUT2D eigenvalue weighted by Crippen LogP contribution is 2.26. The Morgan fingerprint density at radius 1 is 0.510 bits per heavy atom. The van der Waals surface area contributed by atoms with Crippen molar-refractivity contribution in [3.8, 4) is 11.5 Å². The van der Waals surface area contributed by atoms with E-state index in [4.69, 9.17) is 9.47 Å². The third kappa shape index (κ3) is 6.60. The summed E-state index contributed by atoms with van der Waals surface area (Å²) < 4.78 is 10.9. The number of benzene rings is 4. The van der Waals surface area contributed by atoms with E-state index in [9.17, 15) is 38.4 Å². The van der Waals surface area contributed by atoms with Gasteiger partial charge in [-0.25, -0.2) is 19.4 Å². The number of carbonyl (C=O) groups excluding carboxylic acids is 8. The molecule has 49 heavy (non-hydrogen) atoms. The topological polar surface area (TPSA) is 162 Å². The fraction of sp³-hybridized carbons (Fsp3) is 0.0270. The summed E-state index contributed by atoms with van der Waals surface area (Å²) in [7, 11) is 0. The van der Waals surface area contributed by atoms with Crippen molar-refractivity contribution < 1.29 is 47.8 Å². The van der Waals surface area contributed by atoms with E-state index in [1.165, 1.54) is 72.8 Å². The predicted octanol–water partition coefficient (Wildman–Crippen LogP) is 4.20.